The molecule has 0 aromatic carbocycles. The molecule has 0 aliphatic carbocycles. The van der Waals surface area contributed by atoms with Gasteiger partial charge in [-0.15, -0.1) is 0 Å². The van der Waals surface area contributed by atoms with Crippen molar-refractivity contribution in [3.05, 3.63) is 0 Å². The summed E-state index contributed by atoms with van der Waals surface area (Å²) in [6.45, 7) is 21.8. The van der Waals surface area contributed by atoms with Gasteiger partial charge < -0.3 is 0 Å². The van der Waals surface area contributed by atoms with Crippen LogP contribution in [0.25, 0.3) is 0 Å². The van der Waals surface area contributed by atoms with E-state index >= 15 is 0 Å². The Morgan fingerprint density at radius 3 is 1.68 bits per heavy atom. The first-order valence-electron chi connectivity index (χ1n) is 8.60. The predicted octanol–water partition coefficient (Wildman–Crippen LogP) is 6.94. The Bertz CT molecular complexity index is 231. The maximum atomic E-state index is 2.49. The lowest BCUT2D eigenvalue weighted by Crippen LogP contribution is -2.38. The minimum absolute atomic E-state index is 0.431. The Hall–Kier alpha value is 0. The maximum absolute atomic E-state index is 2.49. The summed E-state index contributed by atoms with van der Waals surface area (Å²) >= 11 is 0. The topological polar surface area (TPSA) is 0 Å². The summed E-state index contributed by atoms with van der Waals surface area (Å²) in [5.41, 5.74) is 0.900. The van der Waals surface area contributed by atoms with Gasteiger partial charge in [-0.05, 0) is 41.4 Å². The van der Waals surface area contributed by atoms with Crippen LogP contribution in [0, 0.1) is 28.6 Å². The van der Waals surface area contributed by atoms with E-state index in [-0.39, 0.29) is 0 Å². The van der Waals surface area contributed by atoms with Crippen molar-refractivity contribution in [2.75, 3.05) is 0 Å². The third kappa shape index (κ3) is 5.88. The van der Waals surface area contributed by atoms with Crippen molar-refractivity contribution in [3.8, 4) is 0 Å². The van der Waals surface area contributed by atoms with Crippen LogP contribution in [0.2, 0.25) is 0 Å². The molecular formula is C19H40. The van der Waals surface area contributed by atoms with Crippen molar-refractivity contribution in [2.45, 2.75) is 94.4 Å². The summed E-state index contributed by atoms with van der Waals surface area (Å²) in [5.74, 6) is 2.56. The highest BCUT2D eigenvalue weighted by Crippen LogP contribution is 2.48. The van der Waals surface area contributed by atoms with E-state index in [1.54, 1.807) is 0 Å². The monoisotopic (exact) mass is 268 g/mol. The fraction of sp³-hybridized carbons (Fsp3) is 1.00. The Labute approximate surface area is 123 Å². The summed E-state index contributed by atoms with van der Waals surface area (Å²) in [5, 5.41) is 0. The number of rotatable bonds is 8. The van der Waals surface area contributed by atoms with Gasteiger partial charge in [-0.3, -0.25) is 0 Å². The minimum atomic E-state index is 0.431. The average Bonchev–Trinajstić information content (AvgIpc) is 2.31. The molecule has 0 radical (unpaired) electrons. The molecular weight excluding hydrogens is 228 g/mol. The van der Waals surface area contributed by atoms with Crippen LogP contribution in [0.15, 0.2) is 0 Å². The molecule has 0 aromatic heterocycles. The number of hydrogen-bond donors (Lipinski definition) is 0. The molecule has 0 aliphatic heterocycles. The van der Waals surface area contributed by atoms with Gasteiger partial charge in [-0.2, -0.15) is 0 Å². The molecule has 0 amide bonds. The molecule has 0 spiro atoms. The van der Waals surface area contributed by atoms with E-state index in [0.717, 1.165) is 17.8 Å². The fourth-order valence-corrected chi connectivity index (χ4v) is 3.44. The molecule has 0 fully saturated rings. The van der Waals surface area contributed by atoms with E-state index in [4.69, 9.17) is 0 Å². The average molecular weight is 269 g/mol. The molecule has 19 heavy (non-hydrogen) atoms. The SMILES string of the molecule is CCCC(C(CC(C)CC)C(C)(C)CC)C(C)(C)C. The summed E-state index contributed by atoms with van der Waals surface area (Å²) in [7, 11) is 0. The van der Waals surface area contributed by atoms with Gasteiger partial charge in [0.2, 0.25) is 0 Å². The maximum Gasteiger partial charge on any atom is -0.0326 e. The van der Waals surface area contributed by atoms with Gasteiger partial charge in [-0.1, -0.05) is 81.6 Å². The van der Waals surface area contributed by atoms with Gasteiger partial charge in [-0.25, -0.2) is 0 Å². The molecule has 0 saturated carbocycles. The molecule has 0 aromatic rings. The molecule has 0 N–H and O–H groups in total. The van der Waals surface area contributed by atoms with Crippen LogP contribution in [-0.4, -0.2) is 0 Å². The molecule has 0 saturated heterocycles. The van der Waals surface area contributed by atoms with E-state index in [0.29, 0.717) is 10.8 Å². The van der Waals surface area contributed by atoms with E-state index in [1.165, 1.54) is 32.1 Å². The van der Waals surface area contributed by atoms with Gasteiger partial charge in [0.05, 0.1) is 0 Å². The summed E-state index contributed by atoms with van der Waals surface area (Å²) < 4.78 is 0. The van der Waals surface area contributed by atoms with Crippen molar-refractivity contribution < 1.29 is 0 Å². The van der Waals surface area contributed by atoms with Gasteiger partial charge in [0.1, 0.15) is 0 Å². The number of hydrogen-bond acceptors (Lipinski definition) is 0. The molecule has 3 unspecified atom stereocenters. The summed E-state index contributed by atoms with van der Waals surface area (Å²) in [4.78, 5) is 0. The molecule has 3 atom stereocenters. The summed E-state index contributed by atoms with van der Waals surface area (Å²) in [6.07, 6.45) is 6.72. The second kappa shape index (κ2) is 7.70. The van der Waals surface area contributed by atoms with E-state index in [1.807, 2.05) is 0 Å². The van der Waals surface area contributed by atoms with Crippen molar-refractivity contribution in [3.63, 3.8) is 0 Å². The standard InChI is InChI=1S/C19H40/c1-10-13-16(18(5,6)7)17(14-15(4)11-2)19(8,9)12-3/h15-17H,10-14H2,1-9H3. The zero-order chi connectivity index (χ0) is 15.3. The van der Waals surface area contributed by atoms with E-state index < -0.39 is 0 Å². The quantitative estimate of drug-likeness (QED) is 0.447. The molecule has 0 rings (SSSR count). The van der Waals surface area contributed by atoms with Crippen molar-refractivity contribution in [1.82, 2.24) is 0 Å². The molecule has 0 heterocycles. The third-order valence-corrected chi connectivity index (χ3v) is 5.47. The predicted molar refractivity (Wildman–Crippen MR) is 89.5 cm³/mol. The van der Waals surface area contributed by atoms with Gasteiger partial charge >= 0.3 is 0 Å². The molecule has 0 aliphatic rings. The summed E-state index contributed by atoms with van der Waals surface area (Å²) in [6, 6.07) is 0. The van der Waals surface area contributed by atoms with Crippen LogP contribution in [0.1, 0.15) is 94.4 Å². The molecule has 0 bridgehead atoms. The Morgan fingerprint density at radius 2 is 1.37 bits per heavy atom. The Kier molecular flexibility index (Phi) is 7.70. The molecule has 116 valence electrons. The lowest BCUT2D eigenvalue weighted by Gasteiger charge is -2.46. The van der Waals surface area contributed by atoms with Crippen LogP contribution in [0.4, 0.5) is 0 Å². The smallest absolute Gasteiger partial charge is 0.0326 e. The van der Waals surface area contributed by atoms with Gasteiger partial charge in [0, 0.05) is 0 Å². The van der Waals surface area contributed by atoms with Crippen molar-refractivity contribution in [1.29, 1.82) is 0 Å². The van der Waals surface area contributed by atoms with Crippen LogP contribution >= 0.6 is 0 Å². The van der Waals surface area contributed by atoms with E-state index in [2.05, 4.69) is 62.3 Å². The molecule has 0 nitrogen and oxygen atoms in total. The first kappa shape index (κ1) is 19.0. The normalized spacial score (nSPS) is 18.2. The second-order valence-corrected chi connectivity index (χ2v) is 8.46. The first-order valence-corrected chi connectivity index (χ1v) is 8.60. The van der Waals surface area contributed by atoms with Gasteiger partial charge in [0.25, 0.3) is 0 Å². The van der Waals surface area contributed by atoms with Crippen LogP contribution < -0.4 is 0 Å². The van der Waals surface area contributed by atoms with Crippen LogP contribution in [-0.2, 0) is 0 Å². The Morgan fingerprint density at radius 1 is 0.842 bits per heavy atom. The Balaban J connectivity index is 5.28. The zero-order valence-corrected chi connectivity index (χ0v) is 15.3. The van der Waals surface area contributed by atoms with Crippen LogP contribution in [0.3, 0.4) is 0 Å². The highest BCUT2D eigenvalue weighted by atomic mass is 14.4. The van der Waals surface area contributed by atoms with E-state index in [9.17, 15) is 0 Å². The van der Waals surface area contributed by atoms with Crippen LogP contribution in [0.5, 0.6) is 0 Å². The highest BCUT2D eigenvalue weighted by Gasteiger charge is 2.39. The highest BCUT2D eigenvalue weighted by molar-refractivity contribution is 4.89. The largest absolute Gasteiger partial charge is 0.0654 e. The lowest BCUT2D eigenvalue weighted by molar-refractivity contribution is 0.0330. The lowest BCUT2D eigenvalue weighted by atomic mass is 9.59. The zero-order valence-electron chi connectivity index (χ0n) is 15.3. The van der Waals surface area contributed by atoms with Crippen molar-refractivity contribution >= 4 is 0 Å². The second-order valence-electron chi connectivity index (χ2n) is 8.46. The van der Waals surface area contributed by atoms with Crippen molar-refractivity contribution in [2.24, 2.45) is 28.6 Å². The van der Waals surface area contributed by atoms with Gasteiger partial charge in [0.15, 0.2) is 0 Å². The first-order chi connectivity index (χ1) is 8.60. The third-order valence-electron chi connectivity index (χ3n) is 5.47. The fourth-order valence-electron chi connectivity index (χ4n) is 3.44. The minimum Gasteiger partial charge on any atom is -0.0654 e. The molecule has 0 heteroatoms.